The Morgan fingerprint density at radius 1 is 0.846 bits per heavy atom. The molecule has 2 aromatic rings. The first-order valence-corrected chi connectivity index (χ1v) is 4.07. The van der Waals surface area contributed by atoms with Gasteiger partial charge in [0, 0.05) is 0 Å². The fourth-order valence-electron chi connectivity index (χ4n) is 1.26. The van der Waals surface area contributed by atoms with Gasteiger partial charge in [0.25, 0.3) is 0 Å². The number of benzene rings is 1. The van der Waals surface area contributed by atoms with Crippen molar-refractivity contribution in [2.24, 2.45) is 0 Å². The standard InChI is InChI=1S/C11H9B.Na.H/c1-2-6-10(7-3-1)11-8-4-5-9-12-11;;/h1-9H;;/q;+1;-1. The first kappa shape index (κ1) is 10.7. The Morgan fingerprint density at radius 3 is 2.15 bits per heavy atom. The summed E-state index contributed by atoms with van der Waals surface area (Å²) < 4.78 is 0. The summed E-state index contributed by atoms with van der Waals surface area (Å²) in [6.45, 7) is 2.12. The molecule has 0 N–H and O–H groups in total. The Morgan fingerprint density at radius 2 is 1.54 bits per heavy atom. The van der Waals surface area contributed by atoms with Gasteiger partial charge in [-0.2, -0.15) is 0 Å². The third kappa shape index (κ3) is 2.80. The molecule has 1 aromatic carbocycles. The van der Waals surface area contributed by atoms with E-state index in [-0.39, 0.29) is 31.0 Å². The van der Waals surface area contributed by atoms with Crippen LogP contribution in [-0.4, -0.2) is 6.91 Å². The zero-order chi connectivity index (χ0) is 8.23. The first-order chi connectivity index (χ1) is 5.97. The van der Waals surface area contributed by atoms with Crippen LogP contribution in [-0.2, 0) is 0 Å². The minimum atomic E-state index is 0. The Labute approximate surface area is 103 Å². The van der Waals surface area contributed by atoms with Crippen molar-refractivity contribution < 1.29 is 31.0 Å². The van der Waals surface area contributed by atoms with E-state index in [2.05, 4.69) is 49.3 Å². The number of rotatable bonds is 1. The van der Waals surface area contributed by atoms with E-state index in [4.69, 9.17) is 0 Å². The Balaban J connectivity index is 0.000000845. The van der Waals surface area contributed by atoms with Crippen LogP contribution in [0.15, 0.2) is 54.5 Å². The van der Waals surface area contributed by atoms with E-state index in [0.29, 0.717) is 0 Å². The molecule has 58 valence electrons. The summed E-state index contributed by atoms with van der Waals surface area (Å²) in [6, 6.07) is 16.6. The molecule has 0 spiro atoms. The van der Waals surface area contributed by atoms with Crippen LogP contribution in [0.1, 0.15) is 1.43 Å². The van der Waals surface area contributed by atoms with Crippen molar-refractivity contribution in [2.45, 2.75) is 0 Å². The van der Waals surface area contributed by atoms with Crippen molar-refractivity contribution in [1.82, 2.24) is 0 Å². The monoisotopic (exact) mass is 176 g/mol. The van der Waals surface area contributed by atoms with Gasteiger partial charge >= 0.3 is 102 Å². The molecule has 0 nitrogen and oxygen atoms in total. The fraction of sp³-hybridized carbons (Fsp3) is 0. The maximum absolute atomic E-state index is 2.12. The van der Waals surface area contributed by atoms with Gasteiger partial charge in [0.2, 0.25) is 0 Å². The van der Waals surface area contributed by atoms with E-state index in [1.165, 1.54) is 11.0 Å². The van der Waals surface area contributed by atoms with E-state index >= 15 is 0 Å². The second-order valence-electron chi connectivity index (χ2n) is 2.73. The van der Waals surface area contributed by atoms with Crippen molar-refractivity contribution in [3.8, 4) is 11.0 Å². The van der Waals surface area contributed by atoms with Crippen LogP contribution in [0.4, 0.5) is 0 Å². The SMILES string of the molecule is [H-].[Na+].b1ccccc1-c1ccccc1. The Bertz CT molecular complexity index is 313. The second kappa shape index (κ2) is 5.38. The molecular formula is C11H10BNa. The van der Waals surface area contributed by atoms with Crippen LogP contribution in [0.5, 0.6) is 0 Å². The zero-order valence-electron chi connectivity index (χ0n) is 8.77. The predicted octanol–water partition coefficient (Wildman–Crippen LogP) is -0.192. The van der Waals surface area contributed by atoms with Gasteiger partial charge in [-0.3, -0.25) is 0 Å². The van der Waals surface area contributed by atoms with Gasteiger partial charge in [0.15, 0.2) is 0 Å². The van der Waals surface area contributed by atoms with Gasteiger partial charge in [0.05, 0.1) is 0 Å². The van der Waals surface area contributed by atoms with Crippen molar-refractivity contribution >= 4 is 6.91 Å². The van der Waals surface area contributed by atoms with Gasteiger partial charge in [0.1, 0.15) is 0 Å². The van der Waals surface area contributed by atoms with Gasteiger partial charge in [-0.15, -0.1) is 0 Å². The summed E-state index contributed by atoms with van der Waals surface area (Å²) in [4.78, 5) is 0. The molecule has 0 aliphatic heterocycles. The summed E-state index contributed by atoms with van der Waals surface area (Å²) in [7, 11) is 0. The molecule has 1 aromatic heterocycles. The normalized spacial score (nSPS) is 8.62. The van der Waals surface area contributed by atoms with Crippen molar-refractivity contribution in [2.75, 3.05) is 0 Å². The quantitative estimate of drug-likeness (QED) is 0.528. The summed E-state index contributed by atoms with van der Waals surface area (Å²) in [6.07, 6.45) is 0. The molecule has 2 heteroatoms. The molecule has 0 radical (unpaired) electrons. The topological polar surface area (TPSA) is 0 Å². The summed E-state index contributed by atoms with van der Waals surface area (Å²) >= 11 is 0. The molecule has 1 heterocycles. The van der Waals surface area contributed by atoms with Crippen LogP contribution in [0.25, 0.3) is 11.0 Å². The summed E-state index contributed by atoms with van der Waals surface area (Å²) in [5, 5.41) is 0. The minimum absolute atomic E-state index is 0. The fourth-order valence-corrected chi connectivity index (χ4v) is 1.26. The van der Waals surface area contributed by atoms with E-state index in [1.807, 2.05) is 12.1 Å². The third-order valence-corrected chi connectivity index (χ3v) is 1.88. The molecule has 0 aliphatic rings. The third-order valence-electron chi connectivity index (χ3n) is 1.88. The molecule has 0 fully saturated rings. The molecule has 13 heavy (non-hydrogen) atoms. The van der Waals surface area contributed by atoms with Gasteiger partial charge in [-0.1, -0.05) is 0 Å². The second-order valence-corrected chi connectivity index (χ2v) is 2.73. The van der Waals surface area contributed by atoms with Crippen LogP contribution in [0.3, 0.4) is 0 Å². The van der Waals surface area contributed by atoms with Crippen LogP contribution in [0, 0.1) is 0 Å². The van der Waals surface area contributed by atoms with Crippen molar-refractivity contribution in [1.29, 1.82) is 0 Å². The van der Waals surface area contributed by atoms with Gasteiger partial charge in [-0.25, -0.2) is 0 Å². The van der Waals surface area contributed by atoms with E-state index in [0.717, 1.165) is 0 Å². The molecular weight excluding hydrogens is 166 g/mol. The molecule has 2 rings (SSSR count). The van der Waals surface area contributed by atoms with Gasteiger partial charge in [-0.05, 0) is 0 Å². The predicted molar refractivity (Wildman–Crippen MR) is 54.3 cm³/mol. The van der Waals surface area contributed by atoms with E-state index in [1.54, 1.807) is 0 Å². The van der Waals surface area contributed by atoms with Crippen molar-refractivity contribution in [3.63, 3.8) is 0 Å². The molecule has 0 amide bonds. The average Bonchev–Trinajstić information content (AvgIpc) is 2.21. The Kier molecular flexibility index (Phi) is 4.44. The maximum atomic E-state index is 2.12. The van der Waals surface area contributed by atoms with Crippen LogP contribution < -0.4 is 29.6 Å². The van der Waals surface area contributed by atoms with E-state index in [9.17, 15) is 0 Å². The van der Waals surface area contributed by atoms with E-state index < -0.39 is 0 Å². The molecule has 0 atom stereocenters. The molecule has 0 saturated heterocycles. The molecule has 0 bridgehead atoms. The Hall–Kier alpha value is -0.365. The molecule has 0 aliphatic carbocycles. The zero-order valence-corrected chi connectivity index (χ0v) is 9.77. The number of hydrogen-bond donors (Lipinski definition) is 0. The molecule has 0 unspecified atom stereocenters. The van der Waals surface area contributed by atoms with Gasteiger partial charge < -0.3 is 1.43 Å². The summed E-state index contributed by atoms with van der Waals surface area (Å²) in [5.41, 5.74) is 2.55. The first-order valence-electron chi connectivity index (χ1n) is 4.07. The average molecular weight is 176 g/mol. The van der Waals surface area contributed by atoms with Crippen LogP contribution >= 0.6 is 0 Å². The molecule has 0 saturated carbocycles. The van der Waals surface area contributed by atoms with Crippen molar-refractivity contribution in [3.05, 3.63) is 54.5 Å². The van der Waals surface area contributed by atoms with Crippen LogP contribution in [0.2, 0.25) is 0 Å². The summed E-state index contributed by atoms with van der Waals surface area (Å²) in [5.74, 6) is 2.06. The number of hydrogen-bond acceptors (Lipinski definition) is 0.